The van der Waals surface area contributed by atoms with Crippen LogP contribution in [0.4, 0.5) is 23.4 Å². The van der Waals surface area contributed by atoms with Crippen LogP contribution in [0.5, 0.6) is 0 Å². The van der Waals surface area contributed by atoms with Crippen molar-refractivity contribution in [2.24, 2.45) is 17.8 Å². The van der Waals surface area contributed by atoms with E-state index < -0.39 is 35.5 Å². The Morgan fingerprint density at radius 2 is 1.81 bits per heavy atom. The minimum absolute atomic E-state index is 0.00553. The summed E-state index contributed by atoms with van der Waals surface area (Å²) in [5.74, 6) is -1.77. The van der Waals surface area contributed by atoms with Crippen molar-refractivity contribution in [2.45, 2.75) is 37.9 Å². The first kappa shape index (κ1) is 22.7. The Morgan fingerprint density at radius 1 is 1.06 bits per heavy atom. The lowest BCUT2D eigenvalue weighted by Gasteiger charge is -2.47. The second-order valence-electron chi connectivity index (χ2n) is 9.59. The molecule has 0 saturated heterocycles. The van der Waals surface area contributed by atoms with Crippen LogP contribution in [0.15, 0.2) is 36.7 Å². The number of halogens is 4. The van der Waals surface area contributed by atoms with Crippen LogP contribution in [0.2, 0.25) is 0 Å². The molecule has 0 radical (unpaired) electrons. The van der Waals surface area contributed by atoms with Crippen LogP contribution in [-0.4, -0.2) is 37.1 Å². The summed E-state index contributed by atoms with van der Waals surface area (Å²) in [7, 11) is 0. The molecule has 0 unspecified atom stereocenters. The molecule has 3 saturated carbocycles. The number of aromatic amines is 1. The zero-order valence-corrected chi connectivity index (χ0v) is 18.8. The molecule has 4 aromatic rings. The van der Waals surface area contributed by atoms with Gasteiger partial charge in [-0.05, 0) is 61.8 Å². The Morgan fingerprint density at radius 3 is 2.53 bits per heavy atom. The maximum absolute atomic E-state index is 13.9. The second-order valence-corrected chi connectivity index (χ2v) is 9.59. The number of hydrogen-bond donors (Lipinski definition) is 3. The van der Waals surface area contributed by atoms with Crippen molar-refractivity contribution in [1.29, 1.82) is 0 Å². The molecule has 2 bridgehead atoms. The number of aliphatic carboxylic acids is 1. The summed E-state index contributed by atoms with van der Waals surface area (Å²) in [5.41, 5.74) is 0.240. The first-order valence-corrected chi connectivity index (χ1v) is 11.7. The summed E-state index contributed by atoms with van der Waals surface area (Å²) in [4.78, 5) is 28.1. The molecule has 2 atom stereocenters. The maximum atomic E-state index is 13.9. The molecule has 7 rings (SSSR count). The molecule has 3 heterocycles. The molecule has 7 nitrogen and oxygen atoms in total. The Hall–Kier alpha value is -3.76. The van der Waals surface area contributed by atoms with E-state index in [4.69, 9.17) is 0 Å². The van der Waals surface area contributed by atoms with Crippen LogP contribution in [-0.2, 0) is 11.0 Å². The van der Waals surface area contributed by atoms with Gasteiger partial charge in [0.2, 0.25) is 0 Å². The van der Waals surface area contributed by atoms with Gasteiger partial charge < -0.3 is 15.4 Å². The third kappa shape index (κ3) is 3.73. The Balaban J connectivity index is 1.52. The van der Waals surface area contributed by atoms with E-state index in [0.717, 1.165) is 44.0 Å². The molecule has 3 fully saturated rings. The molecule has 11 heteroatoms. The van der Waals surface area contributed by atoms with E-state index in [-0.39, 0.29) is 34.4 Å². The standard InChI is InChI=1S/C25H21F4N5O2/c26-14-8-15-17(10-31-21(15)30-9-14)23-32-18-6-5-13(25(27,28)29)7-16(18)22(34-23)33-20-12-3-1-11(2-4-12)19(20)24(35)36/h5-12,19-20H,1-4H2,(H,30,31)(H,35,36)(H,32,33,34)/t11?,12?,19-,20-/m0/s1. The number of carbonyl (C=O) groups is 1. The number of anilines is 1. The maximum Gasteiger partial charge on any atom is 0.416 e. The number of rotatable bonds is 4. The lowest BCUT2D eigenvalue weighted by molar-refractivity contribution is -0.148. The minimum Gasteiger partial charge on any atom is -0.481 e. The normalized spacial score (nSPS) is 23.9. The van der Waals surface area contributed by atoms with Gasteiger partial charge in [-0.2, -0.15) is 13.2 Å². The van der Waals surface area contributed by atoms with E-state index in [1.165, 1.54) is 12.1 Å². The number of pyridine rings is 1. The number of nitrogens with one attached hydrogen (secondary N) is 2. The fraction of sp³-hybridized carbons (Fsp3) is 0.360. The number of nitrogens with zero attached hydrogens (tertiary/aromatic N) is 3. The Kier molecular flexibility index (Phi) is 5.13. The molecule has 36 heavy (non-hydrogen) atoms. The van der Waals surface area contributed by atoms with Crippen molar-refractivity contribution in [3.05, 3.63) is 48.0 Å². The summed E-state index contributed by atoms with van der Waals surface area (Å²) in [6, 6.07) is 4.00. The third-order valence-corrected chi connectivity index (χ3v) is 7.57. The van der Waals surface area contributed by atoms with Gasteiger partial charge in [-0.1, -0.05) is 0 Å². The van der Waals surface area contributed by atoms with Crippen molar-refractivity contribution in [1.82, 2.24) is 19.9 Å². The molecule has 3 aromatic heterocycles. The van der Waals surface area contributed by atoms with Gasteiger partial charge in [0.25, 0.3) is 0 Å². The number of benzene rings is 1. The first-order valence-electron chi connectivity index (χ1n) is 11.7. The number of alkyl halides is 3. The van der Waals surface area contributed by atoms with E-state index in [1.807, 2.05) is 0 Å². The summed E-state index contributed by atoms with van der Waals surface area (Å²) in [5, 5.41) is 13.7. The van der Waals surface area contributed by atoms with Gasteiger partial charge in [-0.25, -0.2) is 19.3 Å². The van der Waals surface area contributed by atoms with E-state index in [1.54, 1.807) is 6.20 Å². The van der Waals surface area contributed by atoms with Crippen molar-refractivity contribution in [3.63, 3.8) is 0 Å². The summed E-state index contributed by atoms with van der Waals surface area (Å²) < 4.78 is 54.5. The number of carboxylic acids is 1. The summed E-state index contributed by atoms with van der Waals surface area (Å²) >= 11 is 0. The number of carboxylic acid groups (broad SMARTS) is 1. The topological polar surface area (TPSA) is 104 Å². The van der Waals surface area contributed by atoms with Gasteiger partial charge >= 0.3 is 12.1 Å². The zero-order chi connectivity index (χ0) is 25.2. The molecular formula is C25H21F4N5O2. The Bertz CT molecular complexity index is 1490. The first-order chi connectivity index (χ1) is 17.2. The second kappa shape index (κ2) is 8.14. The van der Waals surface area contributed by atoms with Crippen molar-refractivity contribution in [2.75, 3.05) is 5.32 Å². The van der Waals surface area contributed by atoms with Gasteiger partial charge in [0.1, 0.15) is 17.3 Å². The lowest BCUT2D eigenvalue weighted by Crippen LogP contribution is -2.51. The lowest BCUT2D eigenvalue weighted by atomic mass is 9.61. The van der Waals surface area contributed by atoms with E-state index in [0.29, 0.717) is 16.6 Å². The number of fused-ring (bicyclic) bond motifs is 5. The van der Waals surface area contributed by atoms with Crippen LogP contribution in [0.25, 0.3) is 33.3 Å². The largest absolute Gasteiger partial charge is 0.481 e. The highest BCUT2D eigenvalue weighted by atomic mass is 19.4. The molecule has 1 aromatic carbocycles. The smallest absolute Gasteiger partial charge is 0.416 e. The molecule has 0 spiro atoms. The summed E-state index contributed by atoms with van der Waals surface area (Å²) in [6.07, 6.45) is 1.40. The molecule has 0 aliphatic heterocycles. The van der Waals surface area contributed by atoms with Crippen molar-refractivity contribution >= 4 is 33.7 Å². The van der Waals surface area contributed by atoms with E-state index in [2.05, 4.69) is 25.3 Å². The number of hydrogen-bond acceptors (Lipinski definition) is 5. The fourth-order valence-electron chi connectivity index (χ4n) is 5.87. The van der Waals surface area contributed by atoms with Gasteiger partial charge in [0.15, 0.2) is 5.82 Å². The average molecular weight is 499 g/mol. The highest BCUT2D eigenvalue weighted by molar-refractivity contribution is 5.96. The van der Waals surface area contributed by atoms with Gasteiger partial charge in [-0.15, -0.1) is 0 Å². The van der Waals surface area contributed by atoms with Crippen LogP contribution in [0.3, 0.4) is 0 Å². The Labute approximate surface area is 202 Å². The highest BCUT2D eigenvalue weighted by Crippen LogP contribution is 2.47. The molecular weight excluding hydrogens is 478 g/mol. The number of H-pyrrole nitrogens is 1. The average Bonchev–Trinajstić information content (AvgIpc) is 3.26. The van der Waals surface area contributed by atoms with Crippen LogP contribution in [0, 0.1) is 23.6 Å². The molecule has 186 valence electrons. The predicted octanol–water partition coefficient (Wildman–Crippen LogP) is 5.63. The third-order valence-electron chi connectivity index (χ3n) is 7.57. The zero-order valence-electron chi connectivity index (χ0n) is 18.8. The quantitative estimate of drug-likeness (QED) is 0.315. The minimum atomic E-state index is -4.57. The van der Waals surface area contributed by atoms with Crippen molar-refractivity contribution in [3.8, 4) is 11.4 Å². The molecule has 3 aliphatic rings. The highest BCUT2D eigenvalue weighted by Gasteiger charge is 2.47. The van der Waals surface area contributed by atoms with Gasteiger partial charge in [-0.3, -0.25) is 4.79 Å². The van der Waals surface area contributed by atoms with Crippen molar-refractivity contribution < 1.29 is 27.5 Å². The number of aromatic nitrogens is 4. The van der Waals surface area contributed by atoms with E-state index >= 15 is 0 Å². The predicted molar refractivity (Wildman–Crippen MR) is 124 cm³/mol. The molecule has 3 aliphatic carbocycles. The van der Waals surface area contributed by atoms with Gasteiger partial charge in [0, 0.05) is 28.6 Å². The van der Waals surface area contributed by atoms with Crippen LogP contribution in [0.1, 0.15) is 31.2 Å². The summed E-state index contributed by atoms with van der Waals surface area (Å²) in [6.45, 7) is 0. The SMILES string of the molecule is O=C(O)[C@H]1C2CCC(CC2)[C@@H]1Nc1nc(-c2c[nH]c3ncc(F)cc23)nc2ccc(C(F)(F)F)cc12. The van der Waals surface area contributed by atoms with Crippen LogP contribution >= 0.6 is 0 Å². The monoisotopic (exact) mass is 499 g/mol. The van der Waals surface area contributed by atoms with E-state index in [9.17, 15) is 27.5 Å². The van der Waals surface area contributed by atoms with Crippen LogP contribution < -0.4 is 5.32 Å². The van der Waals surface area contributed by atoms with Gasteiger partial charge in [0.05, 0.1) is 23.2 Å². The molecule has 0 amide bonds. The molecule has 3 N–H and O–H groups in total. The fourth-order valence-corrected chi connectivity index (χ4v) is 5.87.